The third-order valence-corrected chi connectivity index (χ3v) is 7.50. The predicted molar refractivity (Wildman–Crippen MR) is 133 cm³/mol. The highest BCUT2D eigenvalue weighted by Gasteiger charge is 2.21. The van der Waals surface area contributed by atoms with Gasteiger partial charge in [0.2, 0.25) is 5.91 Å². The maximum absolute atomic E-state index is 13.0. The van der Waals surface area contributed by atoms with Gasteiger partial charge < -0.3 is 10.6 Å². The van der Waals surface area contributed by atoms with Gasteiger partial charge in [-0.25, -0.2) is 0 Å². The van der Waals surface area contributed by atoms with E-state index < -0.39 is 0 Å². The van der Waals surface area contributed by atoms with Gasteiger partial charge in [-0.05, 0) is 55.2 Å². The van der Waals surface area contributed by atoms with E-state index in [4.69, 9.17) is 0 Å². The number of nitrogens with zero attached hydrogens (tertiary/aromatic N) is 1. The molecule has 2 aromatic rings. The largest absolute Gasteiger partial charge is 0.326 e. The fourth-order valence-electron chi connectivity index (χ4n) is 4.53. The Hall–Kier alpha value is -2.31. The van der Waals surface area contributed by atoms with Gasteiger partial charge in [-0.3, -0.25) is 14.5 Å². The van der Waals surface area contributed by atoms with Crippen LogP contribution in [0.4, 0.5) is 11.4 Å². The minimum atomic E-state index is -0.159. The minimum absolute atomic E-state index is 0.0712. The first kappa shape index (κ1) is 22.9. The molecule has 170 valence electrons. The van der Waals surface area contributed by atoms with Crippen LogP contribution in [0.5, 0.6) is 0 Å². The Kier molecular flexibility index (Phi) is 7.87. The summed E-state index contributed by atoms with van der Waals surface area (Å²) >= 11 is 2.01. The quantitative estimate of drug-likeness (QED) is 0.624. The maximum atomic E-state index is 13.0. The van der Waals surface area contributed by atoms with Gasteiger partial charge in [0.1, 0.15) is 0 Å². The fraction of sp³-hybridized carbons (Fsp3) is 0.462. The number of thioether (sulfide) groups is 1. The summed E-state index contributed by atoms with van der Waals surface area (Å²) in [5.74, 6) is 2.37. The Morgan fingerprint density at radius 2 is 1.75 bits per heavy atom. The fourth-order valence-corrected chi connectivity index (χ4v) is 5.51. The van der Waals surface area contributed by atoms with Crippen molar-refractivity contribution in [2.45, 2.75) is 45.6 Å². The van der Waals surface area contributed by atoms with E-state index in [0.29, 0.717) is 11.3 Å². The summed E-state index contributed by atoms with van der Waals surface area (Å²) in [5, 5.41) is 6.08. The number of nitrogens with one attached hydrogen (secondary N) is 2. The molecular formula is C26H33N3O2S. The van der Waals surface area contributed by atoms with Gasteiger partial charge in [-0.1, -0.05) is 37.5 Å². The van der Waals surface area contributed by atoms with Crippen molar-refractivity contribution in [2.75, 3.05) is 35.2 Å². The Morgan fingerprint density at radius 3 is 2.53 bits per heavy atom. The molecule has 1 saturated carbocycles. The molecule has 32 heavy (non-hydrogen) atoms. The molecule has 5 nitrogen and oxygen atoms in total. The zero-order chi connectivity index (χ0) is 22.3. The summed E-state index contributed by atoms with van der Waals surface area (Å²) in [6, 6.07) is 13.3. The van der Waals surface area contributed by atoms with Gasteiger partial charge in [-0.15, -0.1) is 0 Å². The Labute approximate surface area is 195 Å². The second-order valence-electron chi connectivity index (χ2n) is 8.84. The van der Waals surface area contributed by atoms with Gasteiger partial charge in [0.05, 0.1) is 0 Å². The lowest BCUT2D eigenvalue weighted by atomic mass is 9.88. The Bertz CT molecular complexity index is 950. The third kappa shape index (κ3) is 5.93. The first-order chi connectivity index (χ1) is 15.6. The van der Waals surface area contributed by atoms with Gasteiger partial charge in [0, 0.05) is 54.0 Å². The second-order valence-corrected chi connectivity index (χ2v) is 10.1. The van der Waals surface area contributed by atoms with Crippen molar-refractivity contribution in [1.82, 2.24) is 4.90 Å². The zero-order valence-corrected chi connectivity index (χ0v) is 19.7. The second kappa shape index (κ2) is 11.0. The van der Waals surface area contributed by atoms with Crippen molar-refractivity contribution < 1.29 is 9.59 Å². The minimum Gasteiger partial charge on any atom is -0.326 e. The van der Waals surface area contributed by atoms with Crippen LogP contribution >= 0.6 is 11.8 Å². The number of anilines is 2. The molecule has 0 spiro atoms. The van der Waals surface area contributed by atoms with E-state index in [-0.39, 0.29) is 17.7 Å². The molecule has 0 aromatic heterocycles. The molecule has 2 amide bonds. The standard InChI is InChI=1S/C26H33N3O2S/c1-19-22(18-29-13-15-32-16-14-29)10-6-12-24(19)28-26(31)21-9-5-11-23(17-21)27-25(30)20-7-3-2-4-8-20/h5-6,9-12,17,20H,2-4,7-8,13-16,18H2,1H3,(H,27,30)(H,28,31). The predicted octanol–water partition coefficient (Wildman–Crippen LogP) is 5.31. The monoisotopic (exact) mass is 451 g/mol. The van der Waals surface area contributed by atoms with Crippen molar-refractivity contribution in [3.05, 3.63) is 59.2 Å². The van der Waals surface area contributed by atoms with Crippen LogP contribution < -0.4 is 10.6 Å². The van der Waals surface area contributed by atoms with Gasteiger partial charge in [0.15, 0.2) is 0 Å². The molecule has 1 heterocycles. The highest BCUT2D eigenvalue weighted by atomic mass is 32.2. The molecule has 4 rings (SSSR count). The molecule has 2 aromatic carbocycles. The zero-order valence-electron chi connectivity index (χ0n) is 18.9. The molecule has 0 atom stereocenters. The van der Waals surface area contributed by atoms with Crippen molar-refractivity contribution in [2.24, 2.45) is 5.92 Å². The Morgan fingerprint density at radius 1 is 1.00 bits per heavy atom. The van der Waals surface area contributed by atoms with Gasteiger partial charge >= 0.3 is 0 Å². The summed E-state index contributed by atoms with van der Waals surface area (Å²) in [5.41, 5.74) is 4.44. The molecule has 2 aliphatic rings. The van der Waals surface area contributed by atoms with Crippen LogP contribution in [0, 0.1) is 12.8 Å². The molecule has 1 aliphatic heterocycles. The van der Waals surface area contributed by atoms with Crippen LogP contribution in [-0.2, 0) is 11.3 Å². The van der Waals surface area contributed by atoms with E-state index in [1.165, 1.54) is 23.5 Å². The number of carbonyl (C=O) groups excluding carboxylic acids is 2. The van der Waals surface area contributed by atoms with E-state index in [1.54, 1.807) is 12.1 Å². The van der Waals surface area contributed by atoms with E-state index in [9.17, 15) is 9.59 Å². The summed E-state index contributed by atoms with van der Waals surface area (Å²) in [6.07, 6.45) is 5.37. The number of amides is 2. The number of hydrogen-bond donors (Lipinski definition) is 2. The van der Waals surface area contributed by atoms with Gasteiger partial charge in [0.25, 0.3) is 5.91 Å². The highest BCUT2D eigenvalue weighted by Crippen LogP contribution is 2.26. The first-order valence-electron chi connectivity index (χ1n) is 11.7. The molecule has 6 heteroatoms. The lowest BCUT2D eigenvalue weighted by Crippen LogP contribution is -2.32. The van der Waals surface area contributed by atoms with Crippen molar-refractivity contribution in [3.63, 3.8) is 0 Å². The maximum Gasteiger partial charge on any atom is 0.255 e. The number of rotatable bonds is 6. The molecule has 1 saturated heterocycles. The number of carbonyl (C=O) groups is 2. The van der Waals surface area contributed by atoms with E-state index in [2.05, 4.69) is 28.5 Å². The SMILES string of the molecule is Cc1c(CN2CCSCC2)cccc1NC(=O)c1cccc(NC(=O)C2CCCCC2)c1. The van der Waals surface area contributed by atoms with Crippen LogP contribution in [0.2, 0.25) is 0 Å². The average molecular weight is 452 g/mol. The molecule has 0 unspecified atom stereocenters. The van der Waals surface area contributed by atoms with Crippen LogP contribution in [-0.4, -0.2) is 41.3 Å². The molecule has 0 radical (unpaired) electrons. The molecule has 2 N–H and O–H groups in total. The van der Waals surface area contributed by atoms with Crippen LogP contribution in [0.25, 0.3) is 0 Å². The topological polar surface area (TPSA) is 61.4 Å². The Balaban J connectivity index is 1.41. The van der Waals surface area contributed by atoms with Crippen molar-refractivity contribution >= 4 is 35.0 Å². The first-order valence-corrected chi connectivity index (χ1v) is 12.9. The third-order valence-electron chi connectivity index (χ3n) is 6.56. The smallest absolute Gasteiger partial charge is 0.255 e. The van der Waals surface area contributed by atoms with Crippen LogP contribution in [0.3, 0.4) is 0 Å². The van der Waals surface area contributed by atoms with Crippen molar-refractivity contribution in [1.29, 1.82) is 0 Å². The summed E-state index contributed by atoms with van der Waals surface area (Å²) in [7, 11) is 0. The summed E-state index contributed by atoms with van der Waals surface area (Å²) in [6.45, 7) is 5.21. The number of benzene rings is 2. The van der Waals surface area contributed by atoms with Gasteiger partial charge in [-0.2, -0.15) is 11.8 Å². The van der Waals surface area contributed by atoms with E-state index >= 15 is 0 Å². The molecule has 0 bridgehead atoms. The lowest BCUT2D eigenvalue weighted by Gasteiger charge is -2.27. The normalized spacial score (nSPS) is 17.7. The van der Waals surface area contributed by atoms with Crippen LogP contribution in [0.1, 0.15) is 53.6 Å². The lowest BCUT2D eigenvalue weighted by molar-refractivity contribution is -0.120. The number of hydrogen-bond acceptors (Lipinski definition) is 4. The average Bonchev–Trinajstić information content (AvgIpc) is 2.83. The highest BCUT2D eigenvalue weighted by molar-refractivity contribution is 7.99. The van der Waals surface area contributed by atoms with Crippen molar-refractivity contribution in [3.8, 4) is 0 Å². The van der Waals surface area contributed by atoms with Crippen LogP contribution in [0.15, 0.2) is 42.5 Å². The molecular weight excluding hydrogens is 418 g/mol. The van der Waals surface area contributed by atoms with E-state index in [0.717, 1.165) is 56.6 Å². The van der Waals surface area contributed by atoms with E-state index in [1.807, 2.05) is 36.0 Å². The molecule has 1 aliphatic carbocycles. The summed E-state index contributed by atoms with van der Waals surface area (Å²) in [4.78, 5) is 28.0. The summed E-state index contributed by atoms with van der Waals surface area (Å²) < 4.78 is 0. The molecule has 2 fully saturated rings.